The normalized spacial score (nSPS) is 31.6. The van der Waals surface area contributed by atoms with Gasteiger partial charge in [-0.25, -0.2) is 8.42 Å². The van der Waals surface area contributed by atoms with Crippen molar-refractivity contribution in [2.24, 2.45) is 4.99 Å². The number of fused-ring (bicyclic) bond motifs is 1. The molecule has 2 heterocycles. The van der Waals surface area contributed by atoms with Gasteiger partial charge in [-0.05, 0) is 37.8 Å². The molecule has 3 aliphatic rings. The van der Waals surface area contributed by atoms with E-state index in [1.807, 2.05) is 6.07 Å². The van der Waals surface area contributed by atoms with E-state index in [1.165, 1.54) is 6.42 Å². The lowest BCUT2D eigenvalue weighted by Gasteiger charge is -2.41. The molecule has 1 aliphatic carbocycles. The molecule has 1 aromatic rings. The van der Waals surface area contributed by atoms with E-state index in [0.29, 0.717) is 16.3 Å². The SMILES string of the molecule is O=S1(=O)NC(=NC2CCN(C3CCCCC3O)CC2)c2ccccc21. The van der Waals surface area contributed by atoms with E-state index < -0.39 is 10.0 Å². The molecule has 0 radical (unpaired) electrons. The van der Waals surface area contributed by atoms with Crippen LogP contribution in [-0.2, 0) is 10.0 Å². The van der Waals surface area contributed by atoms with Crippen LogP contribution in [0, 0.1) is 0 Å². The minimum Gasteiger partial charge on any atom is -0.391 e. The minimum atomic E-state index is -3.46. The number of aliphatic hydroxyl groups excluding tert-OH is 1. The number of aliphatic hydroxyl groups is 1. The van der Waals surface area contributed by atoms with Crippen LogP contribution in [0.3, 0.4) is 0 Å². The van der Waals surface area contributed by atoms with E-state index in [0.717, 1.165) is 45.2 Å². The number of sulfonamides is 1. The highest BCUT2D eigenvalue weighted by molar-refractivity contribution is 7.90. The number of nitrogens with one attached hydrogen (secondary N) is 1. The number of rotatable bonds is 2. The van der Waals surface area contributed by atoms with E-state index in [1.54, 1.807) is 18.2 Å². The number of amidine groups is 1. The first-order valence-electron chi connectivity index (χ1n) is 9.17. The van der Waals surface area contributed by atoms with E-state index in [9.17, 15) is 13.5 Å². The Balaban J connectivity index is 1.45. The fourth-order valence-electron chi connectivity index (χ4n) is 4.28. The number of aliphatic imine (C=N–C) groups is 1. The van der Waals surface area contributed by atoms with Gasteiger partial charge in [0.05, 0.1) is 17.0 Å². The van der Waals surface area contributed by atoms with Gasteiger partial charge in [-0.3, -0.25) is 14.6 Å². The first kappa shape index (κ1) is 17.0. The maximum atomic E-state index is 12.2. The van der Waals surface area contributed by atoms with Crippen LogP contribution in [0.15, 0.2) is 34.2 Å². The summed E-state index contributed by atoms with van der Waals surface area (Å²) >= 11 is 0. The van der Waals surface area contributed by atoms with Gasteiger partial charge in [0.2, 0.25) is 0 Å². The van der Waals surface area contributed by atoms with E-state index in [-0.39, 0.29) is 18.2 Å². The van der Waals surface area contributed by atoms with Crippen LogP contribution in [0.5, 0.6) is 0 Å². The smallest absolute Gasteiger partial charge is 0.263 e. The van der Waals surface area contributed by atoms with Crippen molar-refractivity contribution in [3.8, 4) is 0 Å². The van der Waals surface area contributed by atoms with Crippen LogP contribution in [0.2, 0.25) is 0 Å². The fourth-order valence-corrected chi connectivity index (χ4v) is 5.52. The Kier molecular flexibility index (Phi) is 4.56. The van der Waals surface area contributed by atoms with Gasteiger partial charge in [-0.2, -0.15) is 0 Å². The maximum Gasteiger partial charge on any atom is 0.263 e. The molecule has 7 heteroatoms. The molecule has 1 saturated carbocycles. The summed E-state index contributed by atoms with van der Waals surface area (Å²) in [5.41, 5.74) is 0.674. The van der Waals surface area contributed by atoms with Crippen molar-refractivity contribution >= 4 is 15.9 Å². The van der Waals surface area contributed by atoms with Crippen LogP contribution in [0.4, 0.5) is 0 Å². The number of likely N-dealkylation sites (tertiary alicyclic amines) is 1. The lowest BCUT2D eigenvalue weighted by Crippen LogP contribution is -2.49. The number of benzene rings is 1. The zero-order valence-electron chi connectivity index (χ0n) is 14.3. The van der Waals surface area contributed by atoms with E-state index in [4.69, 9.17) is 4.99 Å². The summed E-state index contributed by atoms with van der Waals surface area (Å²) in [5.74, 6) is 0.478. The predicted molar refractivity (Wildman–Crippen MR) is 96.2 cm³/mol. The van der Waals surface area contributed by atoms with Crippen molar-refractivity contribution in [2.75, 3.05) is 13.1 Å². The third kappa shape index (κ3) is 3.32. The van der Waals surface area contributed by atoms with E-state index >= 15 is 0 Å². The summed E-state index contributed by atoms with van der Waals surface area (Å²) in [6.07, 6.45) is 5.90. The Hall–Kier alpha value is -1.44. The summed E-state index contributed by atoms with van der Waals surface area (Å²) in [5, 5.41) is 10.2. The fraction of sp³-hybridized carbons (Fsp3) is 0.611. The second-order valence-electron chi connectivity index (χ2n) is 7.27. The highest BCUT2D eigenvalue weighted by atomic mass is 32.2. The second kappa shape index (κ2) is 6.70. The van der Waals surface area contributed by atoms with Gasteiger partial charge in [-0.15, -0.1) is 0 Å². The predicted octanol–water partition coefficient (Wildman–Crippen LogP) is 1.49. The molecule has 0 amide bonds. The van der Waals surface area contributed by atoms with Gasteiger partial charge in [-0.1, -0.05) is 25.0 Å². The third-order valence-electron chi connectivity index (χ3n) is 5.64. The molecule has 25 heavy (non-hydrogen) atoms. The third-order valence-corrected chi connectivity index (χ3v) is 7.03. The number of nitrogens with zero attached hydrogens (tertiary/aromatic N) is 2. The summed E-state index contributed by atoms with van der Waals surface area (Å²) < 4.78 is 26.9. The zero-order valence-corrected chi connectivity index (χ0v) is 15.1. The topological polar surface area (TPSA) is 82.0 Å². The highest BCUT2D eigenvalue weighted by Gasteiger charge is 2.33. The molecule has 2 N–H and O–H groups in total. The van der Waals surface area contributed by atoms with Gasteiger partial charge in [0.25, 0.3) is 10.0 Å². The Morgan fingerprint density at radius 3 is 2.56 bits per heavy atom. The first-order chi connectivity index (χ1) is 12.0. The summed E-state index contributed by atoms with van der Waals surface area (Å²) in [4.78, 5) is 7.42. The molecule has 0 bridgehead atoms. The Morgan fingerprint density at radius 2 is 1.80 bits per heavy atom. The maximum absolute atomic E-state index is 12.2. The van der Waals surface area contributed by atoms with Gasteiger partial charge >= 0.3 is 0 Å². The molecule has 0 aromatic heterocycles. The van der Waals surface area contributed by atoms with E-state index in [2.05, 4.69) is 9.62 Å². The summed E-state index contributed by atoms with van der Waals surface area (Å²) in [6.45, 7) is 1.83. The van der Waals surface area contributed by atoms with Gasteiger partial charge in [0, 0.05) is 24.7 Å². The quantitative estimate of drug-likeness (QED) is 0.834. The zero-order chi connectivity index (χ0) is 17.4. The van der Waals surface area contributed by atoms with Crippen LogP contribution in [0.25, 0.3) is 0 Å². The molecule has 0 spiro atoms. The average molecular weight is 363 g/mol. The van der Waals surface area contributed by atoms with Crippen molar-refractivity contribution in [3.63, 3.8) is 0 Å². The largest absolute Gasteiger partial charge is 0.391 e. The lowest BCUT2D eigenvalue weighted by molar-refractivity contribution is 0.00918. The van der Waals surface area contributed by atoms with Crippen molar-refractivity contribution in [1.82, 2.24) is 9.62 Å². The molecule has 2 fully saturated rings. The molecule has 136 valence electrons. The van der Waals surface area contributed by atoms with Gasteiger partial charge in [0.15, 0.2) is 0 Å². The number of hydrogen-bond donors (Lipinski definition) is 2. The van der Waals surface area contributed by atoms with Gasteiger partial charge < -0.3 is 5.11 Å². The monoisotopic (exact) mass is 363 g/mol. The standard InChI is InChI=1S/C18H25N3O3S/c22-16-7-3-2-6-15(16)21-11-9-13(10-12-21)19-18-14-5-1-4-8-17(14)25(23,24)20-18/h1,4-5,8,13,15-16,22H,2-3,6-7,9-12H2,(H,19,20). The molecule has 2 aliphatic heterocycles. The average Bonchev–Trinajstić information content (AvgIpc) is 2.87. The molecule has 2 unspecified atom stereocenters. The Bertz CT molecular complexity index is 770. The first-order valence-corrected chi connectivity index (χ1v) is 10.6. The minimum absolute atomic E-state index is 0.126. The van der Waals surface area contributed by atoms with Crippen molar-refractivity contribution in [3.05, 3.63) is 29.8 Å². The molecule has 2 atom stereocenters. The van der Waals surface area contributed by atoms with Crippen LogP contribution in [0.1, 0.15) is 44.1 Å². The van der Waals surface area contributed by atoms with Crippen LogP contribution >= 0.6 is 0 Å². The molecule has 4 rings (SSSR count). The van der Waals surface area contributed by atoms with Crippen LogP contribution in [-0.4, -0.2) is 55.5 Å². The van der Waals surface area contributed by atoms with Crippen molar-refractivity contribution in [1.29, 1.82) is 0 Å². The van der Waals surface area contributed by atoms with Crippen molar-refractivity contribution in [2.45, 2.75) is 61.6 Å². The summed E-state index contributed by atoms with van der Waals surface area (Å²) in [7, 11) is -3.46. The van der Waals surface area contributed by atoms with Gasteiger partial charge in [0.1, 0.15) is 5.84 Å². The lowest BCUT2D eigenvalue weighted by atomic mass is 9.89. The number of hydrogen-bond acceptors (Lipinski definition) is 5. The summed E-state index contributed by atoms with van der Waals surface area (Å²) in [6, 6.07) is 7.40. The van der Waals surface area contributed by atoms with Crippen molar-refractivity contribution < 1.29 is 13.5 Å². The molecule has 1 aromatic carbocycles. The second-order valence-corrected chi connectivity index (χ2v) is 8.92. The highest BCUT2D eigenvalue weighted by Crippen LogP contribution is 2.28. The molecular weight excluding hydrogens is 338 g/mol. The number of piperidine rings is 1. The molecule has 1 saturated heterocycles. The molecule has 6 nitrogen and oxygen atoms in total. The Morgan fingerprint density at radius 1 is 1.08 bits per heavy atom. The van der Waals surface area contributed by atoms with Crippen LogP contribution < -0.4 is 4.72 Å². The molecular formula is C18H25N3O3S. The Labute approximate surface area is 149 Å².